The Balaban J connectivity index is 1.59. The second-order valence-electron chi connectivity index (χ2n) is 6.24. The van der Waals surface area contributed by atoms with Crippen molar-refractivity contribution >= 4 is 35.2 Å². The summed E-state index contributed by atoms with van der Waals surface area (Å²) in [7, 11) is 0. The van der Waals surface area contributed by atoms with E-state index in [0.29, 0.717) is 28.6 Å². The number of anilines is 1. The van der Waals surface area contributed by atoms with Gasteiger partial charge in [0.05, 0.1) is 17.5 Å². The molecule has 148 valence electrons. The van der Waals surface area contributed by atoms with Gasteiger partial charge in [-0.2, -0.15) is 5.26 Å². The Hall–Kier alpha value is -3.51. The maximum Gasteiger partial charge on any atom is 0.261 e. The molecule has 9 heteroatoms. The van der Waals surface area contributed by atoms with Crippen LogP contribution in [-0.4, -0.2) is 46.9 Å². The zero-order valence-corrected chi connectivity index (χ0v) is 16.1. The number of nitrogens with one attached hydrogen (secondary N) is 1. The van der Waals surface area contributed by atoms with Gasteiger partial charge < -0.3 is 20.7 Å². The molecule has 0 bridgehead atoms. The van der Waals surface area contributed by atoms with E-state index >= 15 is 0 Å². The lowest BCUT2D eigenvalue weighted by Crippen LogP contribution is -2.46. The van der Waals surface area contributed by atoms with Crippen LogP contribution in [0.3, 0.4) is 0 Å². The van der Waals surface area contributed by atoms with Crippen molar-refractivity contribution in [2.45, 2.75) is 6.04 Å². The first-order valence-electron chi connectivity index (χ1n) is 8.69. The van der Waals surface area contributed by atoms with Crippen LogP contribution in [-0.2, 0) is 9.59 Å². The van der Waals surface area contributed by atoms with Crippen LogP contribution in [0.2, 0.25) is 0 Å². The number of nitriles is 1. The third-order valence-electron chi connectivity index (χ3n) is 4.27. The third-order valence-corrected chi connectivity index (χ3v) is 5.28. The van der Waals surface area contributed by atoms with Gasteiger partial charge in [0.2, 0.25) is 11.8 Å². The van der Waals surface area contributed by atoms with Gasteiger partial charge in [-0.3, -0.25) is 14.4 Å². The molecule has 0 spiro atoms. The quantitative estimate of drug-likeness (QED) is 0.745. The van der Waals surface area contributed by atoms with Gasteiger partial charge >= 0.3 is 0 Å². The molecule has 29 heavy (non-hydrogen) atoms. The summed E-state index contributed by atoms with van der Waals surface area (Å²) in [4.78, 5) is 37.9. The molecule has 0 radical (unpaired) electrons. The van der Waals surface area contributed by atoms with Gasteiger partial charge in [-0.1, -0.05) is 6.07 Å². The molecule has 3 rings (SSSR count). The fraction of sp³-hybridized carbons (Fsp3) is 0.200. The molecule has 3 N–H and O–H groups in total. The monoisotopic (exact) mass is 410 g/mol. The van der Waals surface area contributed by atoms with Gasteiger partial charge in [-0.05, 0) is 42.5 Å². The summed E-state index contributed by atoms with van der Waals surface area (Å²) in [5, 5.41) is 11.6. The molecule has 0 saturated carbocycles. The Labute approximate surface area is 171 Å². The Kier molecular flexibility index (Phi) is 6.36. The summed E-state index contributed by atoms with van der Waals surface area (Å²) in [6.45, 7) is -0.260. The predicted molar refractivity (Wildman–Crippen MR) is 108 cm³/mol. The van der Waals surface area contributed by atoms with E-state index < -0.39 is 11.9 Å². The first-order chi connectivity index (χ1) is 14.0. The number of carbonyl (C=O) groups is 3. The standard InChI is InChI=1S/C20H18N4O4S/c21-9-13-4-6-15(7-5-13)23-20(27)17-11-29-12-24(17)18(25)10-28-16-3-1-2-14(8-16)19(22)26/h1-8,17H,10-12H2,(H2,22,26)(H,23,27). The molecule has 0 aromatic heterocycles. The number of amides is 3. The molecule has 1 unspecified atom stereocenters. The number of hydrogen-bond acceptors (Lipinski definition) is 6. The molecule has 1 atom stereocenters. The van der Waals surface area contributed by atoms with E-state index in [1.807, 2.05) is 6.07 Å². The van der Waals surface area contributed by atoms with Gasteiger partial charge in [0.15, 0.2) is 6.61 Å². The highest BCUT2D eigenvalue weighted by atomic mass is 32.2. The molecule has 8 nitrogen and oxygen atoms in total. The van der Waals surface area contributed by atoms with Crippen LogP contribution in [0.1, 0.15) is 15.9 Å². The van der Waals surface area contributed by atoms with Crippen LogP contribution in [0.4, 0.5) is 5.69 Å². The number of nitrogens with two attached hydrogens (primary N) is 1. The van der Waals surface area contributed by atoms with E-state index in [1.165, 1.54) is 22.7 Å². The number of thioether (sulfide) groups is 1. The summed E-state index contributed by atoms with van der Waals surface area (Å²) in [5.74, 6) is -0.0134. The van der Waals surface area contributed by atoms with E-state index in [0.717, 1.165) is 0 Å². The molecule has 1 heterocycles. The normalized spacial score (nSPS) is 15.4. The van der Waals surface area contributed by atoms with Gasteiger partial charge in [0, 0.05) is 17.0 Å². The smallest absolute Gasteiger partial charge is 0.261 e. The first kappa shape index (κ1) is 20.2. The number of nitrogens with zero attached hydrogens (tertiary/aromatic N) is 2. The maximum atomic E-state index is 12.6. The van der Waals surface area contributed by atoms with Gasteiger partial charge in [-0.15, -0.1) is 11.8 Å². The number of rotatable bonds is 6. The van der Waals surface area contributed by atoms with E-state index in [1.54, 1.807) is 42.5 Å². The molecule has 1 saturated heterocycles. The van der Waals surface area contributed by atoms with E-state index in [4.69, 9.17) is 15.7 Å². The second-order valence-corrected chi connectivity index (χ2v) is 7.24. The van der Waals surface area contributed by atoms with Gasteiger partial charge in [0.25, 0.3) is 5.91 Å². The van der Waals surface area contributed by atoms with Crippen LogP contribution in [0.25, 0.3) is 0 Å². The Morgan fingerprint density at radius 3 is 2.69 bits per heavy atom. The summed E-state index contributed by atoms with van der Waals surface area (Å²) < 4.78 is 5.47. The summed E-state index contributed by atoms with van der Waals surface area (Å²) in [6, 6.07) is 14.1. The zero-order valence-electron chi connectivity index (χ0n) is 15.3. The Morgan fingerprint density at radius 2 is 2.00 bits per heavy atom. The van der Waals surface area contributed by atoms with Crippen molar-refractivity contribution in [2.24, 2.45) is 5.73 Å². The number of hydrogen-bond donors (Lipinski definition) is 2. The molecule has 1 aliphatic heterocycles. The highest BCUT2D eigenvalue weighted by molar-refractivity contribution is 7.99. The molecular weight excluding hydrogens is 392 g/mol. The largest absolute Gasteiger partial charge is 0.484 e. The minimum absolute atomic E-state index is 0.260. The summed E-state index contributed by atoms with van der Waals surface area (Å²) >= 11 is 1.48. The van der Waals surface area contributed by atoms with Crippen LogP contribution in [0, 0.1) is 11.3 Å². The molecule has 3 amide bonds. The first-order valence-corrected chi connectivity index (χ1v) is 9.84. The lowest BCUT2D eigenvalue weighted by Gasteiger charge is -2.23. The maximum absolute atomic E-state index is 12.6. The van der Waals surface area contributed by atoms with Crippen molar-refractivity contribution in [3.63, 3.8) is 0 Å². The van der Waals surface area contributed by atoms with Crippen LogP contribution in [0.15, 0.2) is 48.5 Å². The average Bonchev–Trinajstić information content (AvgIpc) is 3.23. The number of benzene rings is 2. The minimum atomic E-state index is -0.622. The highest BCUT2D eigenvalue weighted by Gasteiger charge is 2.34. The highest BCUT2D eigenvalue weighted by Crippen LogP contribution is 2.23. The van der Waals surface area contributed by atoms with Gasteiger partial charge in [-0.25, -0.2) is 0 Å². The Morgan fingerprint density at radius 1 is 1.24 bits per heavy atom. The van der Waals surface area contributed by atoms with Crippen LogP contribution in [0.5, 0.6) is 5.75 Å². The fourth-order valence-electron chi connectivity index (χ4n) is 2.73. The van der Waals surface area contributed by atoms with E-state index in [9.17, 15) is 14.4 Å². The fourth-order valence-corrected chi connectivity index (χ4v) is 3.91. The summed E-state index contributed by atoms with van der Waals surface area (Å²) in [6.07, 6.45) is 0. The topological polar surface area (TPSA) is 126 Å². The molecule has 1 aliphatic rings. The van der Waals surface area contributed by atoms with Crippen LogP contribution < -0.4 is 15.8 Å². The van der Waals surface area contributed by atoms with Crippen molar-refractivity contribution in [1.29, 1.82) is 5.26 Å². The molecule has 2 aromatic rings. The van der Waals surface area contributed by atoms with E-state index in [-0.39, 0.29) is 24.0 Å². The second kappa shape index (κ2) is 9.12. The number of carbonyl (C=O) groups excluding carboxylic acids is 3. The van der Waals surface area contributed by atoms with Crippen LogP contribution >= 0.6 is 11.8 Å². The number of primary amides is 1. The van der Waals surface area contributed by atoms with Gasteiger partial charge in [0.1, 0.15) is 11.8 Å². The van der Waals surface area contributed by atoms with Crippen molar-refractivity contribution in [2.75, 3.05) is 23.6 Å². The lowest BCUT2D eigenvalue weighted by molar-refractivity contribution is -0.137. The summed E-state index contributed by atoms with van der Waals surface area (Å²) in [5.41, 5.74) is 6.57. The van der Waals surface area contributed by atoms with Crippen molar-refractivity contribution in [3.8, 4) is 11.8 Å². The SMILES string of the molecule is N#Cc1ccc(NC(=O)C2CSCN2C(=O)COc2cccc(C(N)=O)c2)cc1. The predicted octanol–water partition coefficient (Wildman–Crippen LogP) is 1.58. The lowest BCUT2D eigenvalue weighted by atomic mass is 10.2. The van der Waals surface area contributed by atoms with Crippen molar-refractivity contribution < 1.29 is 19.1 Å². The zero-order chi connectivity index (χ0) is 20.8. The van der Waals surface area contributed by atoms with Crippen molar-refractivity contribution in [1.82, 2.24) is 4.90 Å². The van der Waals surface area contributed by atoms with E-state index in [2.05, 4.69) is 5.32 Å². The number of ether oxygens (including phenoxy) is 1. The molecule has 0 aliphatic carbocycles. The minimum Gasteiger partial charge on any atom is -0.484 e. The van der Waals surface area contributed by atoms with Crippen molar-refractivity contribution in [3.05, 3.63) is 59.7 Å². The third kappa shape index (κ3) is 5.06. The molecule has 1 fully saturated rings. The molecule has 2 aromatic carbocycles. The Bertz CT molecular complexity index is 971. The average molecular weight is 410 g/mol. The molecular formula is C20H18N4O4S.